The molecule has 2 aromatic heterocycles. The highest BCUT2D eigenvalue weighted by Crippen LogP contribution is 2.38. The van der Waals surface area contributed by atoms with Crippen molar-refractivity contribution in [3.8, 4) is 5.75 Å². The summed E-state index contributed by atoms with van der Waals surface area (Å²) in [5.41, 5.74) is 1.34. The fraction of sp³-hybridized carbons (Fsp3) is 0.500. The van der Waals surface area contributed by atoms with E-state index in [2.05, 4.69) is 57.7 Å². The number of halogens is 2. The highest BCUT2D eigenvalue weighted by molar-refractivity contribution is 14.2. The Bertz CT molecular complexity index is 1330. The third-order valence-corrected chi connectivity index (χ3v) is 8.24. The van der Waals surface area contributed by atoms with Crippen molar-refractivity contribution >= 4 is 73.4 Å². The van der Waals surface area contributed by atoms with Gasteiger partial charge in [0, 0.05) is 50.8 Å². The van der Waals surface area contributed by atoms with Crippen LogP contribution in [0, 0.1) is 0 Å². The SMILES string of the molecule is CC(C)(C)OC(=O)N(c1ccc(N2CCN(C3COC3)CC2)c(OCCOPI)c1)c1nc(Br)cn2ccnc12. The van der Waals surface area contributed by atoms with Crippen molar-refractivity contribution < 1.29 is 23.5 Å². The first-order chi connectivity index (χ1) is 19.2. The van der Waals surface area contributed by atoms with E-state index in [4.69, 9.17) is 18.7 Å². The predicted octanol–water partition coefficient (Wildman–Crippen LogP) is 5.42. The first-order valence-corrected chi connectivity index (χ1v) is 17.9. The Balaban J connectivity index is 1.51. The molecular weight excluding hydrogens is 714 g/mol. The van der Waals surface area contributed by atoms with Crippen molar-refractivity contribution in [1.82, 2.24) is 19.3 Å². The second kappa shape index (κ2) is 13.0. The minimum Gasteiger partial charge on any atom is -0.489 e. The summed E-state index contributed by atoms with van der Waals surface area (Å²) in [4.78, 5) is 29.1. The molecule has 3 aromatic rings. The van der Waals surface area contributed by atoms with Crippen molar-refractivity contribution in [3.63, 3.8) is 0 Å². The minimum atomic E-state index is -0.713. The number of carbonyl (C=O) groups excluding carboxylic acids is 1. The lowest BCUT2D eigenvalue weighted by Crippen LogP contribution is -2.56. The molecule has 0 aliphatic carbocycles. The summed E-state index contributed by atoms with van der Waals surface area (Å²) in [5, 5.41) is 0. The Kier molecular flexibility index (Phi) is 9.68. The highest BCUT2D eigenvalue weighted by Gasteiger charge is 2.32. The van der Waals surface area contributed by atoms with Crippen molar-refractivity contribution in [2.75, 3.05) is 62.4 Å². The van der Waals surface area contributed by atoms with Gasteiger partial charge in [-0.05, 0) is 70.9 Å². The molecule has 0 saturated carbocycles. The molecule has 2 fully saturated rings. The summed E-state index contributed by atoms with van der Waals surface area (Å²) in [5.74, 6) is 1.01. The quantitative estimate of drug-likeness (QED) is 0.162. The lowest BCUT2D eigenvalue weighted by Gasteiger charge is -2.43. The number of rotatable bonds is 9. The molecule has 2 aliphatic heterocycles. The van der Waals surface area contributed by atoms with Crippen LogP contribution in [0.4, 0.5) is 22.0 Å². The van der Waals surface area contributed by atoms with E-state index in [1.807, 2.05) is 43.4 Å². The molecule has 0 radical (unpaired) electrons. The van der Waals surface area contributed by atoms with Gasteiger partial charge in [-0.1, -0.05) is 0 Å². The van der Waals surface area contributed by atoms with Crippen molar-refractivity contribution in [2.24, 2.45) is 0 Å². The van der Waals surface area contributed by atoms with Crippen LogP contribution in [0.1, 0.15) is 20.8 Å². The summed E-state index contributed by atoms with van der Waals surface area (Å²) in [6.07, 6.45) is 4.70. The number of nitrogens with zero attached hydrogens (tertiary/aromatic N) is 6. The Hall–Kier alpha value is -1.77. The van der Waals surface area contributed by atoms with Gasteiger partial charge in [-0.2, -0.15) is 0 Å². The molecule has 1 aromatic carbocycles. The number of imidazole rings is 1. The van der Waals surface area contributed by atoms with Gasteiger partial charge in [-0.15, -0.1) is 0 Å². The molecule has 0 N–H and O–H groups in total. The molecule has 0 bridgehead atoms. The minimum absolute atomic E-state index is 0.345. The first kappa shape index (κ1) is 29.7. The molecule has 0 spiro atoms. The molecule has 216 valence electrons. The number of aromatic nitrogens is 3. The van der Waals surface area contributed by atoms with Gasteiger partial charge in [0.25, 0.3) is 0 Å². The average Bonchev–Trinajstić information content (AvgIpc) is 3.34. The summed E-state index contributed by atoms with van der Waals surface area (Å²) in [7, 11) is 0. The van der Waals surface area contributed by atoms with Gasteiger partial charge < -0.3 is 28.0 Å². The Morgan fingerprint density at radius 1 is 1.23 bits per heavy atom. The number of carbonyl (C=O) groups is 1. The van der Waals surface area contributed by atoms with E-state index in [0.717, 1.165) is 45.1 Å². The van der Waals surface area contributed by atoms with Crippen molar-refractivity contribution in [3.05, 3.63) is 41.4 Å². The highest BCUT2D eigenvalue weighted by atomic mass is 127. The summed E-state index contributed by atoms with van der Waals surface area (Å²) in [6, 6.07) is 6.31. The second-order valence-electron chi connectivity index (χ2n) is 10.5. The van der Waals surface area contributed by atoms with Crippen LogP contribution in [-0.2, 0) is 14.0 Å². The molecule has 1 amide bonds. The van der Waals surface area contributed by atoms with Crippen molar-refractivity contribution in [1.29, 1.82) is 0 Å². The lowest BCUT2D eigenvalue weighted by molar-refractivity contribution is -0.0660. The molecule has 2 aliphatic rings. The van der Waals surface area contributed by atoms with Gasteiger partial charge >= 0.3 is 6.09 Å². The molecule has 4 heterocycles. The lowest BCUT2D eigenvalue weighted by atomic mass is 10.1. The van der Waals surface area contributed by atoms with Crippen LogP contribution in [0.3, 0.4) is 0 Å². The van der Waals surface area contributed by atoms with Crippen LogP contribution in [0.25, 0.3) is 5.65 Å². The maximum atomic E-state index is 13.7. The van der Waals surface area contributed by atoms with Crippen LogP contribution in [0.15, 0.2) is 41.4 Å². The zero-order valence-electron chi connectivity index (χ0n) is 22.7. The van der Waals surface area contributed by atoms with E-state index in [0.29, 0.717) is 53.2 Å². The largest absolute Gasteiger partial charge is 0.489 e. The third-order valence-electron chi connectivity index (χ3n) is 6.61. The predicted molar refractivity (Wildman–Crippen MR) is 168 cm³/mol. The van der Waals surface area contributed by atoms with Crippen molar-refractivity contribution in [2.45, 2.75) is 32.4 Å². The molecule has 14 heteroatoms. The molecular formula is C26H33BrIN6O5P. The van der Waals surface area contributed by atoms with Crippen LogP contribution < -0.4 is 14.5 Å². The standard InChI is InChI=1S/C26H33BrIN6O5P/c1-26(2,3)39-25(35)34(24-23-29-6-7-33(23)15-22(27)30-24)18-4-5-20(21(14-18)37-12-13-38-40-28)32-10-8-31(9-11-32)19-16-36-17-19/h4-7,14-15,19,40H,8-13,16-17H2,1-3H3. The number of ether oxygens (including phenoxy) is 3. The molecule has 2 saturated heterocycles. The van der Waals surface area contributed by atoms with Gasteiger partial charge in [-0.3, -0.25) is 4.90 Å². The van der Waals surface area contributed by atoms with Crippen LogP contribution in [0.5, 0.6) is 5.75 Å². The van der Waals surface area contributed by atoms with E-state index >= 15 is 0 Å². The van der Waals surface area contributed by atoms with E-state index in [1.54, 1.807) is 18.6 Å². The van der Waals surface area contributed by atoms with Crippen LogP contribution in [0.2, 0.25) is 0 Å². The summed E-state index contributed by atoms with van der Waals surface area (Å²) >= 11 is 5.67. The number of benzene rings is 1. The van der Waals surface area contributed by atoms with Gasteiger partial charge in [0.2, 0.25) is 0 Å². The molecule has 40 heavy (non-hydrogen) atoms. The third kappa shape index (κ3) is 6.99. The van der Waals surface area contributed by atoms with Gasteiger partial charge in [0.15, 0.2) is 11.5 Å². The Morgan fingerprint density at radius 3 is 2.67 bits per heavy atom. The number of hydrogen-bond acceptors (Lipinski definition) is 9. The van der Waals surface area contributed by atoms with E-state index in [1.165, 1.54) is 4.90 Å². The van der Waals surface area contributed by atoms with Crippen LogP contribution >= 0.6 is 44.4 Å². The number of piperazine rings is 1. The maximum Gasteiger partial charge on any atom is 0.420 e. The van der Waals surface area contributed by atoms with Gasteiger partial charge in [0.1, 0.15) is 22.6 Å². The van der Waals surface area contributed by atoms with E-state index in [9.17, 15) is 4.79 Å². The van der Waals surface area contributed by atoms with E-state index in [-0.39, 0.29) is 0 Å². The number of amides is 1. The zero-order chi connectivity index (χ0) is 28.3. The Morgan fingerprint density at radius 2 is 2.00 bits per heavy atom. The monoisotopic (exact) mass is 746 g/mol. The fourth-order valence-electron chi connectivity index (χ4n) is 4.67. The maximum absolute atomic E-state index is 13.7. The molecule has 11 nitrogen and oxygen atoms in total. The second-order valence-corrected chi connectivity index (χ2v) is 13.1. The number of anilines is 3. The summed E-state index contributed by atoms with van der Waals surface area (Å²) < 4.78 is 25.4. The topological polar surface area (TPSA) is 93.9 Å². The summed E-state index contributed by atoms with van der Waals surface area (Å²) in [6.45, 7) is 12.0. The molecule has 1 unspecified atom stereocenters. The number of fused-ring (bicyclic) bond motifs is 1. The zero-order valence-corrected chi connectivity index (χ0v) is 27.4. The van der Waals surface area contributed by atoms with Crippen LogP contribution in [-0.4, -0.2) is 89.6 Å². The average molecular weight is 747 g/mol. The number of hydrogen-bond donors (Lipinski definition) is 0. The van der Waals surface area contributed by atoms with Gasteiger partial charge in [0.05, 0.1) is 43.7 Å². The van der Waals surface area contributed by atoms with Gasteiger partial charge in [-0.25, -0.2) is 19.7 Å². The fourth-order valence-corrected chi connectivity index (χ4v) is 5.88. The van der Waals surface area contributed by atoms with E-state index < -0.39 is 11.7 Å². The first-order valence-electron chi connectivity index (χ1n) is 13.1. The molecule has 5 rings (SSSR count). The smallest absolute Gasteiger partial charge is 0.420 e. The normalized spacial score (nSPS) is 17.0. The Labute approximate surface area is 257 Å². The molecule has 1 atom stereocenters.